The van der Waals surface area contributed by atoms with E-state index < -0.39 is 99.2 Å². The number of phosphoric ester groups is 4. The van der Waals surface area contributed by atoms with Gasteiger partial charge in [-0.3, -0.25) is 31.7 Å². The smallest absolute Gasteiger partial charge is 0.396 e. The van der Waals surface area contributed by atoms with E-state index in [1.165, 1.54) is 13.8 Å². The standard InChI is InChI=1S/C44H94O21P4S4/c1-41(29-45,30-55-21-13-5-9-17-25-70)34-60-67(49,50)62-37-43(3,32-57-23-15-7-11-19-27-72)38-64-69(53,54)65-40-44(4,33-58-24-16-8-12-20-28-73)39-63-68(51,52)61-36-42(2,35-59-66(46,47)48)31-56-22-14-6-10-18-26-71/h45,70-73H,5-40H2,1-4H3,(H,49,50)(H,51,52)(H,53,54)(H2,46,47,48). The highest BCUT2D eigenvalue weighted by Gasteiger charge is 2.40. The van der Waals surface area contributed by atoms with Gasteiger partial charge in [0.1, 0.15) is 0 Å². The van der Waals surface area contributed by atoms with Gasteiger partial charge in [-0.05, 0) is 74.4 Å². The van der Waals surface area contributed by atoms with Crippen LogP contribution in [0.4, 0.5) is 0 Å². The number of hydrogen-bond donors (Lipinski definition) is 10. The normalized spacial score (nSPS) is 18.3. The van der Waals surface area contributed by atoms with Crippen molar-refractivity contribution in [3.05, 3.63) is 0 Å². The predicted molar refractivity (Wildman–Crippen MR) is 295 cm³/mol. The molecule has 0 aliphatic rings. The molecule has 21 nitrogen and oxygen atoms in total. The highest BCUT2D eigenvalue weighted by Crippen LogP contribution is 2.51. The number of hydrogen-bond acceptors (Lipinski definition) is 20. The first-order valence-corrected chi connectivity index (χ1v) is 33.7. The Bertz CT molecular complexity index is 1580. The molecular formula is C44H94O21P4S4. The summed E-state index contributed by atoms with van der Waals surface area (Å²) in [6.07, 6.45) is 14.1. The Balaban J connectivity index is 6.01. The lowest BCUT2D eigenvalue weighted by molar-refractivity contribution is -0.0422. The molecule has 0 saturated heterocycles. The Morgan fingerprint density at radius 1 is 0.315 bits per heavy atom. The molecule has 0 saturated carbocycles. The lowest BCUT2D eigenvalue weighted by atomic mass is 9.94. The van der Waals surface area contributed by atoms with Crippen molar-refractivity contribution in [1.82, 2.24) is 0 Å². The van der Waals surface area contributed by atoms with Crippen LogP contribution in [0.1, 0.15) is 130 Å². The molecular weight excluding hydrogens is 1120 g/mol. The molecule has 0 spiro atoms. The minimum absolute atomic E-state index is 0.0589. The van der Waals surface area contributed by atoms with Crippen LogP contribution in [-0.4, -0.2) is 158 Å². The van der Waals surface area contributed by atoms with E-state index in [0.717, 1.165) is 106 Å². The first kappa shape index (κ1) is 74.6. The van der Waals surface area contributed by atoms with E-state index in [9.17, 15) is 47.8 Å². The van der Waals surface area contributed by atoms with Crippen LogP contribution >= 0.6 is 81.8 Å². The molecule has 7 atom stereocenters. The summed E-state index contributed by atoms with van der Waals surface area (Å²) < 4.78 is 112. The molecule has 0 aliphatic carbocycles. The van der Waals surface area contributed by atoms with E-state index in [-0.39, 0.29) is 39.6 Å². The Kier molecular flexibility index (Phi) is 42.5. The maximum atomic E-state index is 13.6. The lowest BCUT2D eigenvalue weighted by Gasteiger charge is -2.33. The predicted octanol–water partition coefficient (Wildman–Crippen LogP) is 9.54. The van der Waals surface area contributed by atoms with E-state index in [4.69, 9.17) is 50.6 Å². The van der Waals surface area contributed by atoms with Gasteiger partial charge in [-0.2, -0.15) is 50.5 Å². The third-order valence-corrected chi connectivity index (χ3v) is 15.5. The molecule has 0 aromatic heterocycles. The zero-order valence-corrected chi connectivity index (χ0v) is 51.0. The fourth-order valence-electron chi connectivity index (χ4n) is 6.24. The second kappa shape index (κ2) is 41.6. The van der Waals surface area contributed by atoms with E-state index in [0.29, 0.717) is 39.1 Å². The molecule has 0 aliphatic heterocycles. The van der Waals surface area contributed by atoms with Gasteiger partial charge in [0.05, 0.1) is 79.3 Å². The molecule has 73 heavy (non-hydrogen) atoms. The number of unbranched alkanes of at least 4 members (excludes halogenated alkanes) is 12. The van der Waals surface area contributed by atoms with E-state index in [1.807, 2.05) is 0 Å². The van der Waals surface area contributed by atoms with Gasteiger partial charge in [-0.15, -0.1) is 0 Å². The van der Waals surface area contributed by atoms with Crippen molar-refractivity contribution in [2.24, 2.45) is 21.7 Å². The fourth-order valence-corrected chi connectivity index (χ4v) is 10.7. The van der Waals surface area contributed by atoms with E-state index >= 15 is 0 Å². The first-order chi connectivity index (χ1) is 34.3. The Labute approximate surface area is 458 Å². The minimum atomic E-state index is -4.97. The number of aliphatic hydroxyl groups excluding tert-OH is 1. The average molecular weight is 1210 g/mol. The molecule has 0 aromatic carbocycles. The zero-order chi connectivity index (χ0) is 55.2. The second-order valence-electron chi connectivity index (χ2n) is 20.0. The van der Waals surface area contributed by atoms with Crippen molar-refractivity contribution in [3.8, 4) is 0 Å². The quantitative estimate of drug-likeness (QED) is 0.0154. The SMILES string of the molecule is CC(CO)(COCCCCCCS)COP(=O)(O)OCC(C)(COCCCCCCS)COP(=O)(O)OCC(C)(COCCCCCCS)COP(=O)(O)OCC(C)(COCCCCCCS)COP(=O)(O)O. The summed E-state index contributed by atoms with van der Waals surface area (Å²) in [5.74, 6) is 3.07. The molecule has 29 heteroatoms. The maximum absolute atomic E-state index is 13.6. The summed E-state index contributed by atoms with van der Waals surface area (Å²) in [5, 5.41) is 10.1. The van der Waals surface area contributed by atoms with Gasteiger partial charge in [-0.25, -0.2) is 18.3 Å². The van der Waals surface area contributed by atoms with Crippen LogP contribution in [0.15, 0.2) is 0 Å². The Hall–Kier alpha value is 1.64. The topological polar surface area (TPSA) is 291 Å². The number of thiol groups is 4. The molecule has 0 aromatic rings. The molecule has 0 radical (unpaired) electrons. The van der Waals surface area contributed by atoms with Crippen molar-refractivity contribution in [3.63, 3.8) is 0 Å². The number of aliphatic hydroxyl groups is 1. The molecule has 0 amide bonds. The third-order valence-electron chi connectivity index (χ3n) is 11.0. The van der Waals surface area contributed by atoms with Gasteiger partial charge in [0.25, 0.3) is 0 Å². The van der Waals surface area contributed by atoms with Gasteiger partial charge in [0, 0.05) is 48.1 Å². The van der Waals surface area contributed by atoms with Crippen LogP contribution in [0.3, 0.4) is 0 Å². The van der Waals surface area contributed by atoms with Gasteiger partial charge in [0.2, 0.25) is 0 Å². The average Bonchev–Trinajstić information content (AvgIpc) is 3.34. The van der Waals surface area contributed by atoms with Crippen molar-refractivity contribution in [2.45, 2.75) is 130 Å². The van der Waals surface area contributed by atoms with Crippen LogP contribution in [-0.2, 0) is 68.9 Å². The molecule has 0 fully saturated rings. The van der Waals surface area contributed by atoms with Gasteiger partial charge < -0.3 is 48.5 Å². The number of phosphoric acid groups is 4. The molecule has 7 unspecified atom stereocenters. The Morgan fingerprint density at radius 2 is 0.521 bits per heavy atom. The minimum Gasteiger partial charge on any atom is -0.396 e. The van der Waals surface area contributed by atoms with Gasteiger partial charge in [-0.1, -0.05) is 79.1 Å². The van der Waals surface area contributed by atoms with E-state index in [1.54, 1.807) is 13.8 Å². The summed E-state index contributed by atoms with van der Waals surface area (Å²) in [4.78, 5) is 51.3. The van der Waals surface area contributed by atoms with Crippen molar-refractivity contribution in [2.75, 3.05) is 129 Å². The van der Waals surface area contributed by atoms with Gasteiger partial charge in [0.15, 0.2) is 0 Å². The fraction of sp³-hybridized carbons (Fsp3) is 1.00. The van der Waals surface area contributed by atoms with Gasteiger partial charge >= 0.3 is 31.3 Å². The lowest BCUT2D eigenvalue weighted by Crippen LogP contribution is -2.36. The van der Waals surface area contributed by atoms with Crippen LogP contribution < -0.4 is 0 Å². The zero-order valence-electron chi connectivity index (χ0n) is 43.8. The van der Waals surface area contributed by atoms with Crippen LogP contribution in [0.25, 0.3) is 0 Å². The van der Waals surface area contributed by atoms with Crippen molar-refractivity contribution >= 4 is 81.8 Å². The molecule has 440 valence electrons. The maximum Gasteiger partial charge on any atom is 0.472 e. The summed E-state index contributed by atoms with van der Waals surface area (Å²) in [6, 6.07) is 0. The van der Waals surface area contributed by atoms with Crippen LogP contribution in [0.5, 0.6) is 0 Å². The molecule has 0 rings (SSSR count). The monoisotopic (exact) mass is 1210 g/mol. The van der Waals surface area contributed by atoms with Crippen molar-refractivity contribution in [1.29, 1.82) is 0 Å². The number of ether oxygens (including phenoxy) is 4. The van der Waals surface area contributed by atoms with Crippen LogP contribution in [0.2, 0.25) is 0 Å². The number of rotatable bonds is 54. The van der Waals surface area contributed by atoms with Crippen LogP contribution in [0, 0.1) is 21.7 Å². The molecule has 6 N–H and O–H groups in total. The highest BCUT2D eigenvalue weighted by atomic mass is 32.1. The highest BCUT2D eigenvalue weighted by molar-refractivity contribution is 7.80. The largest absolute Gasteiger partial charge is 0.472 e. The summed E-state index contributed by atoms with van der Waals surface area (Å²) in [5.41, 5.74) is -5.03. The van der Waals surface area contributed by atoms with Crippen molar-refractivity contribution < 1.29 is 98.4 Å². The Morgan fingerprint density at radius 3 is 0.740 bits per heavy atom. The summed E-state index contributed by atoms with van der Waals surface area (Å²) in [7, 11) is -19.6. The third kappa shape index (κ3) is 43.1. The molecule has 0 bridgehead atoms. The summed E-state index contributed by atoms with van der Waals surface area (Å²) in [6.45, 7) is 2.91. The molecule has 0 heterocycles. The second-order valence-corrected chi connectivity index (χ2v) is 27.4. The summed E-state index contributed by atoms with van der Waals surface area (Å²) >= 11 is 16.9. The van der Waals surface area contributed by atoms with E-state index in [2.05, 4.69) is 50.5 Å². The first-order valence-electron chi connectivity index (χ1n) is 25.2.